The molecule has 1 aliphatic carbocycles. The van der Waals surface area contributed by atoms with E-state index in [0.29, 0.717) is 22.4 Å². The van der Waals surface area contributed by atoms with Crippen molar-refractivity contribution in [3.8, 4) is 16.9 Å². The van der Waals surface area contributed by atoms with Gasteiger partial charge in [-0.2, -0.15) is 9.78 Å². The number of fused-ring (bicyclic) bond motifs is 3. The van der Waals surface area contributed by atoms with Gasteiger partial charge in [0.05, 0.1) is 11.3 Å². The average Bonchev–Trinajstić information content (AvgIpc) is 2.84. The molecule has 0 fully saturated rings. The van der Waals surface area contributed by atoms with Crippen LogP contribution in [0, 0.1) is 5.92 Å². The first-order valence-corrected chi connectivity index (χ1v) is 8.31. The quantitative estimate of drug-likeness (QED) is 0.734. The van der Waals surface area contributed by atoms with E-state index in [9.17, 15) is 4.79 Å². The van der Waals surface area contributed by atoms with Crippen LogP contribution in [-0.4, -0.2) is 14.8 Å². The van der Waals surface area contributed by atoms with Gasteiger partial charge in [0.15, 0.2) is 0 Å². The topological polar surface area (TPSA) is 50.7 Å². The Hall–Kier alpha value is -2.07. The summed E-state index contributed by atoms with van der Waals surface area (Å²) in [6, 6.07) is 7.18. The first-order valence-electron chi connectivity index (χ1n) is 7.93. The number of rotatable bonds is 1. The average molecular weight is 328 g/mol. The molecule has 118 valence electrons. The molecular formula is C18H18ClN3O. The van der Waals surface area contributed by atoms with Gasteiger partial charge >= 0.3 is 0 Å². The molecule has 2 unspecified atom stereocenters. The monoisotopic (exact) mass is 327 g/mol. The standard InChI is InChI=1S/C18H18ClN3O/c1-10-7-11(2)16-15(8-10)20-9-14-17(16)21-22(18(14)23)13-5-3-12(19)4-6-13/h3-6,9-11,20H,7-8H2,1-2H3. The van der Waals surface area contributed by atoms with Crippen LogP contribution in [0.4, 0.5) is 0 Å². The Kier molecular flexibility index (Phi) is 3.31. The van der Waals surface area contributed by atoms with Crippen LogP contribution in [0.1, 0.15) is 37.4 Å². The minimum absolute atomic E-state index is 0.0906. The number of nitrogens with one attached hydrogen (secondary N) is 1. The van der Waals surface area contributed by atoms with E-state index in [4.69, 9.17) is 11.6 Å². The lowest BCUT2D eigenvalue weighted by Crippen LogP contribution is -2.18. The molecule has 1 N–H and O–H groups in total. The predicted molar refractivity (Wildman–Crippen MR) is 91.7 cm³/mol. The fraction of sp³-hybridized carbons (Fsp3) is 0.333. The van der Waals surface area contributed by atoms with Gasteiger partial charge in [-0.1, -0.05) is 25.4 Å². The molecule has 4 nitrogen and oxygen atoms in total. The number of aromatic nitrogens is 3. The zero-order chi connectivity index (χ0) is 16.1. The van der Waals surface area contributed by atoms with Gasteiger partial charge in [-0.25, -0.2) is 0 Å². The van der Waals surface area contributed by atoms with Crippen LogP contribution >= 0.6 is 11.6 Å². The van der Waals surface area contributed by atoms with E-state index in [1.54, 1.807) is 18.3 Å². The lowest BCUT2D eigenvalue weighted by atomic mass is 9.79. The highest BCUT2D eigenvalue weighted by Gasteiger charge is 2.29. The fourth-order valence-corrected chi connectivity index (χ4v) is 3.86. The number of hydrogen-bond donors (Lipinski definition) is 1. The van der Waals surface area contributed by atoms with E-state index < -0.39 is 0 Å². The summed E-state index contributed by atoms with van der Waals surface area (Å²) in [7, 11) is 0. The van der Waals surface area contributed by atoms with Crippen molar-refractivity contribution in [3.63, 3.8) is 0 Å². The van der Waals surface area contributed by atoms with Crippen molar-refractivity contribution in [2.75, 3.05) is 0 Å². The number of aromatic amines is 1. The van der Waals surface area contributed by atoms with Crippen LogP contribution in [0.5, 0.6) is 0 Å². The summed E-state index contributed by atoms with van der Waals surface area (Å²) in [6.07, 6.45) is 3.94. The van der Waals surface area contributed by atoms with Gasteiger partial charge in [0.2, 0.25) is 0 Å². The zero-order valence-electron chi connectivity index (χ0n) is 13.1. The van der Waals surface area contributed by atoms with E-state index in [1.807, 2.05) is 12.1 Å². The minimum Gasteiger partial charge on any atom is -0.364 e. The molecule has 2 heterocycles. The smallest absolute Gasteiger partial charge is 0.282 e. The van der Waals surface area contributed by atoms with Crippen molar-refractivity contribution >= 4 is 11.6 Å². The van der Waals surface area contributed by atoms with Gasteiger partial charge in [0.1, 0.15) is 5.69 Å². The van der Waals surface area contributed by atoms with Crippen molar-refractivity contribution in [1.82, 2.24) is 14.8 Å². The van der Waals surface area contributed by atoms with Crippen LogP contribution in [0.15, 0.2) is 35.3 Å². The Morgan fingerprint density at radius 2 is 2.00 bits per heavy atom. The van der Waals surface area contributed by atoms with E-state index in [0.717, 1.165) is 24.2 Å². The molecule has 2 aliphatic heterocycles. The number of nitrogens with zero attached hydrogens (tertiary/aromatic N) is 2. The van der Waals surface area contributed by atoms with Crippen LogP contribution in [-0.2, 0) is 6.42 Å². The van der Waals surface area contributed by atoms with Gasteiger partial charge in [0.25, 0.3) is 5.56 Å². The second-order valence-electron chi connectivity index (χ2n) is 6.58. The molecule has 0 spiro atoms. The maximum Gasteiger partial charge on any atom is 0.282 e. The summed E-state index contributed by atoms with van der Waals surface area (Å²) >= 11 is 5.93. The van der Waals surface area contributed by atoms with Crippen molar-refractivity contribution in [3.05, 3.63) is 57.1 Å². The SMILES string of the molecule is CC1Cc2[nH]cc3c(=O)n(-c4ccc(Cl)cc4)nc-3c2C(C)C1. The molecule has 4 rings (SSSR count). The number of pyridine rings is 1. The summed E-state index contributed by atoms with van der Waals surface area (Å²) in [5.41, 5.74) is 4.54. The summed E-state index contributed by atoms with van der Waals surface area (Å²) in [6.45, 7) is 4.48. The molecule has 1 aromatic rings. The number of H-pyrrole nitrogens is 1. The highest BCUT2D eigenvalue weighted by atomic mass is 35.5. The first-order chi connectivity index (χ1) is 11.0. The minimum atomic E-state index is -0.0906. The Morgan fingerprint density at radius 3 is 2.74 bits per heavy atom. The van der Waals surface area contributed by atoms with Crippen molar-refractivity contribution in [1.29, 1.82) is 0 Å². The molecule has 0 saturated heterocycles. The largest absolute Gasteiger partial charge is 0.364 e. The molecule has 23 heavy (non-hydrogen) atoms. The van der Waals surface area contributed by atoms with Gasteiger partial charge in [0, 0.05) is 22.5 Å². The Balaban J connectivity index is 1.94. The molecule has 3 aliphatic rings. The first kappa shape index (κ1) is 14.5. The normalized spacial score (nSPS) is 20.7. The Morgan fingerprint density at radius 1 is 1.26 bits per heavy atom. The van der Waals surface area contributed by atoms with Crippen molar-refractivity contribution < 1.29 is 0 Å². The van der Waals surface area contributed by atoms with Gasteiger partial charge in [-0.3, -0.25) is 4.79 Å². The van der Waals surface area contributed by atoms with Gasteiger partial charge in [-0.05, 0) is 48.9 Å². The maximum atomic E-state index is 12.7. The molecule has 0 bridgehead atoms. The Labute approximate surface area is 139 Å². The third kappa shape index (κ3) is 2.29. The zero-order valence-corrected chi connectivity index (χ0v) is 13.9. The summed E-state index contributed by atoms with van der Waals surface area (Å²) in [5.74, 6) is 1.05. The number of halogens is 1. The van der Waals surface area contributed by atoms with Crippen LogP contribution < -0.4 is 5.56 Å². The number of hydrogen-bond acceptors (Lipinski definition) is 2. The lowest BCUT2D eigenvalue weighted by Gasteiger charge is -2.28. The lowest BCUT2D eigenvalue weighted by molar-refractivity contribution is 0.442. The fourth-order valence-electron chi connectivity index (χ4n) is 3.73. The highest BCUT2D eigenvalue weighted by Crippen LogP contribution is 2.38. The second kappa shape index (κ2) is 5.24. The molecule has 0 saturated carbocycles. The second-order valence-corrected chi connectivity index (χ2v) is 7.02. The predicted octanol–water partition coefficient (Wildman–Crippen LogP) is 4.00. The third-order valence-corrected chi connectivity index (χ3v) is 4.97. The summed E-state index contributed by atoms with van der Waals surface area (Å²) < 4.78 is 1.47. The Bertz CT molecular complexity index is 894. The third-order valence-electron chi connectivity index (χ3n) is 4.72. The maximum absolute atomic E-state index is 12.7. The van der Waals surface area contributed by atoms with Crippen molar-refractivity contribution in [2.45, 2.75) is 32.6 Å². The van der Waals surface area contributed by atoms with Gasteiger partial charge < -0.3 is 4.98 Å². The highest BCUT2D eigenvalue weighted by molar-refractivity contribution is 6.30. The molecular weight excluding hydrogens is 310 g/mol. The van der Waals surface area contributed by atoms with E-state index in [-0.39, 0.29) is 5.56 Å². The molecule has 0 radical (unpaired) electrons. The molecule has 0 aromatic heterocycles. The van der Waals surface area contributed by atoms with E-state index in [2.05, 4.69) is 23.9 Å². The van der Waals surface area contributed by atoms with Crippen molar-refractivity contribution in [2.24, 2.45) is 5.92 Å². The molecule has 5 heteroatoms. The van der Waals surface area contributed by atoms with E-state index >= 15 is 0 Å². The van der Waals surface area contributed by atoms with Crippen LogP contribution in [0.2, 0.25) is 5.02 Å². The summed E-state index contributed by atoms with van der Waals surface area (Å²) in [5, 5.41) is 5.29. The van der Waals surface area contributed by atoms with Crippen LogP contribution in [0.25, 0.3) is 16.9 Å². The molecule has 0 amide bonds. The summed E-state index contributed by atoms with van der Waals surface area (Å²) in [4.78, 5) is 16.1. The van der Waals surface area contributed by atoms with Gasteiger partial charge in [-0.15, -0.1) is 0 Å². The van der Waals surface area contributed by atoms with E-state index in [1.165, 1.54) is 15.9 Å². The number of benzene rings is 1. The molecule has 2 atom stereocenters. The van der Waals surface area contributed by atoms with Crippen LogP contribution in [0.3, 0.4) is 0 Å². The molecule has 1 aromatic carbocycles.